The Bertz CT molecular complexity index is 2730. The maximum Gasteiger partial charge on any atom is 0.472 e. The third-order valence-corrected chi connectivity index (χ3v) is 17.8. The second-order valence-corrected chi connectivity index (χ2v) is 28.8. The molecule has 0 aliphatic heterocycles. The summed E-state index contributed by atoms with van der Waals surface area (Å²) < 4.78 is 68.5. The third-order valence-electron chi connectivity index (χ3n) is 15.9. The van der Waals surface area contributed by atoms with E-state index < -0.39 is 97.5 Å². The first-order chi connectivity index (χ1) is 51.7. The summed E-state index contributed by atoms with van der Waals surface area (Å²) in [6.07, 6.45) is 93.3. The molecule has 0 aliphatic rings. The number of phosphoric ester groups is 2. The van der Waals surface area contributed by atoms with E-state index in [1.807, 2.05) is 12.2 Å². The molecule has 5 unspecified atom stereocenters. The van der Waals surface area contributed by atoms with Gasteiger partial charge in [0.15, 0.2) is 12.2 Å². The number of unbranched alkanes of at least 4 members (excludes halogenated alkanes) is 18. The summed E-state index contributed by atoms with van der Waals surface area (Å²) in [6.45, 7) is 4.31. The number of phosphoric acid groups is 2. The molecule has 0 aromatic carbocycles. The fourth-order valence-corrected chi connectivity index (χ4v) is 11.5. The zero-order chi connectivity index (χ0) is 77.4. The Morgan fingerprint density at radius 1 is 0.283 bits per heavy atom. The Kier molecular flexibility index (Phi) is 73.1. The molecule has 0 bridgehead atoms. The molecule has 106 heavy (non-hydrogen) atoms. The molecule has 0 spiro atoms. The van der Waals surface area contributed by atoms with Gasteiger partial charge in [0.05, 0.1) is 32.8 Å². The lowest BCUT2D eigenvalue weighted by Crippen LogP contribution is -2.30. The highest BCUT2D eigenvalue weighted by molar-refractivity contribution is 7.47. The lowest BCUT2D eigenvalue weighted by molar-refractivity contribution is -0.161. The van der Waals surface area contributed by atoms with Gasteiger partial charge in [-0.1, -0.05) is 281 Å². The van der Waals surface area contributed by atoms with Crippen molar-refractivity contribution in [2.75, 3.05) is 39.6 Å². The molecular weight excluding hydrogens is 1380 g/mol. The van der Waals surface area contributed by atoms with Crippen LogP contribution in [0.25, 0.3) is 0 Å². The first kappa shape index (κ1) is 100. The maximum atomic E-state index is 13.1. The number of aliphatic hydroxyl groups excluding tert-OH is 1. The van der Waals surface area contributed by atoms with E-state index in [1.165, 1.54) is 19.3 Å². The quantitative estimate of drug-likeness (QED) is 0.0169. The first-order valence-electron chi connectivity index (χ1n) is 40.0. The molecule has 0 amide bonds. The maximum absolute atomic E-state index is 13.1. The van der Waals surface area contributed by atoms with E-state index in [9.17, 15) is 43.2 Å². The monoisotopic (exact) mass is 1520 g/mol. The van der Waals surface area contributed by atoms with E-state index in [4.69, 9.17) is 37.0 Å². The molecule has 0 aromatic heterocycles. The van der Waals surface area contributed by atoms with Gasteiger partial charge in [-0.3, -0.25) is 37.3 Å². The van der Waals surface area contributed by atoms with Gasteiger partial charge in [-0.25, -0.2) is 9.13 Å². The molecule has 0 aromatic rings. The molecule has 0 aliphatic carbocycles. The van der Waals surface area contributed by atoms with Gasteiger partial charge in [0.1, 0.15) is 19.3 Å². The number of hydrogen-bond donors (Lipinski definition) is 3. The van der Waals surface area contributed by atoms with Crippen LogP contribution in [0.1, 0.15) is 285 Å². The number of carbonyl (C=O) groups is 4. The molecule has 600 valence electrons. The molecule has 0 radical (unpaired) electrons. The van der Waals surface area contributed by atoms with E-state index in [1.54, 1.807) is 12.2 Å². The Hall–Kier alpha value is -5.84. The van der Waals surface area contributed by atoms with Crippen LogP contribution in [0.5, 0.6) is 0 Å². The standard InChI is InChI=1S/C87H140O17P2/c1-5-9-13-17-21-25-29-33-37-39-40-42-46-48-52-56-60-64-68-72-85(90)98-78-83(104-87(92)74-70-66-62-58-54-50-44-36-32-28-24-20-16-12-8-4)80-102-106(95,96)100-76-81(88)75-99-105(93,94)101-79-82(103-86(91)73-69-65-61-57-53-49-43-35-31-27-23-19-15-11-7-3)77-97-84(89)71-67-63-59-55-51-47-45-41-38-34-30-26-22-18-14-10-6-2/h10-12,14-16,21-28,33-38,40,42-45,47,53,57,65,69,81-83,88H,5-9,13,17-20,29-32,39,41,46,48-52,54-56,58-64,66-68,70-80H2,1-4H3,(H,93,94)(H,95,96)/b14-10-,15-11-,16-12-,25-21-,26-22-,27-23-,28-24-,37-33-,38-34-,42-40-,43-35-,44-36-,47-45-,57-53-,69-65-. The van der Waals surface area contributed by atoms with Gasteiger partial charge in [-0.05, 0) is 161 Å². The van der Waals surface area contributed by atoms with Crippen LogP contribution in [0.15, 0.2) is 182 Å². The van der Waals surface area contributed by atoms with Gasteiger partial charge < -0.3 is 33.8 Å². The highest BCUT2D eigenvalue weighted by Gasteiger charge is 2.30. The third kappa shape index (κ3) is 76.4. The summed E-state index contributed by atoms with van der Waals surface area (Å²) in [5.41, 5.74) is 0. The summed E-state index contributed by atoms with van der Waals surface area (Å²) in [4.78, 5) is 73.0. The van der Waals surface area contributed by atoms with Gasteiger partial charge in [0.2, 0.25) is 0 Å². The van der Waals surface area contributed by atoms with Crippen LogP contribution in [-0.4, -0.2) is 96.7 Å². The molecule has 0 heterocycles. The van der Waals surface area contributed by atoms with Crippen molar-refractivity contribution in [2.24, 2.45) is 0 Å². The molecule has 5 atom stereocenters. The minimum atomic E-state index is -5.02. The van der Waals surface area contributed by atoms with Gasteiger partial charge >= 0.3 is 39.5 Å². The van der Waals surface area contributed by atoms with E-state index in [-0.39, 0.29) is 25.7 Å². The van der Waals surface area contributed by atoms with E-state index >= 15 is 0 Å². The number of allylic oxidation sites excluding steroid dienone is 29. The van der Waals surface area contributed by atoms with Crippen LogP contribution in [0.2, 0.25) is 0 Å². The Balaban J connectivity index is 5.48. The first-order valence-corrected chi connectivity index (χ1v) is 43.0. The summed E-state index contributed by atoms with van der Waals surface area (Å²) >= 11 is 0. The molecule has 19 heteroatoms. The van der Waals surface area contributed by atoms with Crippen molar-refractivity contribution < 1.29 is 80.2 Å². The lowest BCUT2D eigenvalue weighted by Gasteiger charge is -2.21. The fraction of sp³-hybridized carbons (Fsp3) is 0.609. The number of rotatable bonds is 73. The van der Waals surface area contributed by atoms with Crippen molar-refractivity contribution in [3.05, 3.63) is 182 Å². The number of aliphatic hydroxyl groups is 1. The topological polar surface area (TPSA) is 237 Å². The molecule has 0 saturated heterocycles. The van der Waals surface area contributed by atoms with E-state index in [0.717, 1.165) is 186 Å². The summed E-state index contributed by atoms with van der Waals surface area (Å²) in [7, 11) is -10.0. The molecular formula is C87H140O17P2. The zero-order valence-corrected chi connectivity index (χ0v) is 67.3. The van der Waals surface area contributed by atoms with Crippen LogP contribution in [0.3, 0.4) is 0 Å². The predicted molar refractivity (Wildman–Crippen MR) is 436 cm³/mol. The van der Waals surface area contributed by atoms with Crippen molar-refractivity contribution in [1.82, 2.24) is 0 Å². The smallest absolute Gasteiger partial charge is 0.462 e. The van der Waals surface area contributed by atoms with Crippen LogP contribution in [-0.2, 0) is 65.4 Å². The van der Waals surface area contributed by atoms with E-state index in [2.05, 4.69) is 186 Å². The van der Waals surface area contributed by atoms with Crippen LogP contribution in [0.4, 0.5) is 0 Å². The van der Waals surface area contributed by atoms with Gasteiger partial charge in [0.25, 0.3) is 0 Å². The van der Waals surface area contributed by atoms with Crippen molar-refractivity contribution in [3.8, 4) is 0 Å². The Morgan fingerprint density at radius 2 is 0.528 bits per heavy atom. The van der Waals surface area contributed by atoms with E-state index in [0.29, 0.717) is 25.7 Å². The number of carbonyl (C=O) groups excluding carboxylic acids is 4. The average molecular weight is 1520 g/mol. The second-order valence-electron chi connectivity index (χ2n) is 25.9. The lowest BCUT2D eigenvalue weighted by atomic mass is 10.1. The van der Waals surface area contributed by atoms with Crippen LogP contribution in [0, 0.1) is 0 Å². The molecule has 3 N–H and O–H groups in total. The molecule has 0 fully saturated rings. The van der Waals surface area contributed by atoms with Crippen molar-refractivity contribution in [1.29, 1.82) is 0 Å². The molecule has 0 rings (SSSR count). The van der Waals surface area contributed by atoms with Crippen LogP contribution >= 0.6 is 15.6 Å². The Morgan fingerprint density at radius 3 is 0.840 bits per heavy atom. The van der Waals surface area contributed by atoms with Crippen molar-refractivity contribution in [2.45, 2.75) is 303 Å². The summed E-state index contributed by atoms with van der Waals surface area (Å²) in [5.74, 6) is -2.40. The molecule has 17 nitrogen and oxygen atoms in total. The minimum Gasteiger partial charge on any atom is -0.462 e. The number of ether oxygens (including phenoxy) is 4. The average Bonchev–Trinajstić information content (AvgIpc) is 0.902. The normalized spacial score (nSPS) is 14.8. The van der Waals surface area contributed by atoms with Gasteiger partial charge in [-0.2, -0.15) is 0 Å². The zero-order valence-electron chi connectivity index (χ0n) is 65.5. The predicted octanol–water partition coefficient (Wildman–Crippen LogP) is 23.6. The van der Waals surface area contributed by atoms with Crippen molar-refractivity contribution in [3.63, 3.8) is 0 Å². The fourth-order valence-electron chi connectivity index (χ4n) is 9.89. The summed E-state index contributed by atoms with van der Waals surface area (Å²) in [6, 6.07) is 0. The summed E-state index contributed by atoms with van der Waals surface area (Å²) in [5, 5.41) is 10.6. The highest BCUT2D eigenvalue weighted by atomic mass is 31.2. The SMILES string of the molecule is CC/C=C\C/C=C\C/C=C\C/C=C\C/C=C\CC(=O)OC(COC(=O)CCCCCC/C=C\C/C=C\C/C=C\C/C=C\CC)COP(=O)(O)OCC(O)COP(=O)(O)OCC(COC(=O)CCCCCCCC/C=C\C/C=C\C/C=C\CCCCC)OC(=O)CCCCCCC/C=C\C/C=C\C/C=C\CC. The minimum absolute atomic E-state index is 0.0629. The van der Waals surface area contributed by atoms with Gasteiger partial charge in [0, 0.05) is 19.3 Å². The van der Waals surface area contributed by atoms with Crippen LogP contribution < -0.4 is 0 Å². The largest absolute Gasteiger partial charge is 0.472 e. The Labute approximate surface area is 641 Å². The highest BCUT2D eigenvalue weighted by Crippen LogP contribution is 2.45. The number of esters is 4. The van der Waals surface area contributed by atoms with Crippen molar-refractivity contribution >= 4 is 39.5 Å². The second kappa shape index (κ2) is 77.3. The van der Waals surface area contributed by atoms with Gasteiger partial charge in [-0.15, -0.1) is 0 Å². The molecule has 0 saturated carbocycles. The number of hydrogen-bond acceptors (Lipinski definition) is 15.